The fourth-order valence-electron chi connectivity index (χ4n) is 2.23. The van der Waals surface area contributed by atoms with Gasteiger partial charge >= 0.3 is 0 Å². The molecule has 2 atom stereocenters. The van der Waals surface area contributed by atoms with E-state index < -0.39 is 0 Å². The molecule has 1 aromatic carbocycles. The molecular weight excluding hydrogens is 259 g/mol. The minimum atomic E-state index is -0.378. The van der Waals surface area contributed by atoms with Gasteiger partial charge in [-0.3, -0.25) is 4.79 Å². The molecule has 4 nitrogen and oxygen atoms in total. The lowest BCUT2D eigenvalue weighted by Crippen LogP contribution is -2.39. The molecule has 0 aromatic heterocycles. The van der Waals surface area contributed by atoms with Crippen molar-refractivity contribution in [3.05, 3.63) is 30.1 Å². The molecule has 1 aromatic rings. The second-order valence-corrected chi connectivity index (χ2v) is 5.01. The molecule has 1 aliphatic rings. The van der Waals surface area contributed by atoms with E-state index in [0.717, 1.165) is 19.5 Å². The summed E-state index contributed by atoms with van der Waals surface area (Å²) in [4.78, 5) is 11.9. The molecule has 0 radical (unpaired) electrons. The Balaban J connectivity index is 1.83. The van der Waals surface area contributed by atoms with Gasteiger partial charge in [-0.05, 0) is 31.5 Å². The number of para-hydroxylation sites is 1. The summed E-state index contributed by atoms with van der Waals surface area (Å²) >= 11 is 0. The summed E-state index contributed by atoms with van der Waals surface area (Å²) in [6.45, 7) is 3.98. The van der Waals surface area contributed by atoms with Crippen molar-refractivity contribution in [1.29, 1.82) is 0 Å². The van der Waals surface area contributed by atoms with E-state index in [1.54, 1.807) is 18.2 Å². The molecule has 1 saturated heterocycles. The van der Waals surface area contributed by atoms with Gasteiger partial charge in [0, 0.05) is 6.54 Å². The summed E-state index contributed by atoms with van der Waals surface area (Å²) in [5.74, 6) is -0.0556. The topological polar surface area (TPSA) is 50.4 Å². The van der Waals surface area contributed by atoms with Crippen molar-refractivity contribution < 1.29 is 13.9 Å². The van der Waals surface area contributed by atoms with Crippen LogP contribution in [0.15, 0.2) is 24.3 Å². The minimum absolute atomic E-state index is 0.0426. The number of carbonyl (C=O) groups excluding carboxylic acids is 1. The molecule has 2 N–H and O–H groups in total. The quantitative estimate of drug-likeness (QED) is 0.834. The van der Waals surface area contributed by atoms with Gasteiger partial charge in [0.05, 0.1) is 12.5 Å². The predicted octanol–water partition coefficient (Wildman–Crippen LogP) is 1.71. The van der Waals surface area contributed by atoms with Crippen LogP contribution >= 0.6 is 0 Å². The van der Waals surface area contributed by atoms with Crippen LogP contribution in [-0.2, 0) is 4.79 Å². The fraction of sp³-hybridized carbons (Fsp3) is 0.533. The summed E-state index contributed by atoms with van der Waals surface area (Å²) in [6, 6.07) is 6.32. The summed E-state index contributed by atoms with van der Waals surface area (Å²) in [5, 5.41) is 6.05. The summed E-state index contributed by atoms with van der Waals surface area (Å²) < 4.78 is 19.1. The zero-order valence-electron chi connectivity index (χ0n) is 11.7. The van der Waals surface area contributed by atoms with Crippen LogP contribution in [0.2, 0.25) is 0 Å². The van der Waals surface area contributed by atoms with Crippen molar-refractivity contribution >= 4 is 5.91 Å². The molecule has 0 bridgehead atoms. The van der Waals surface area contributed by atoms with Gasteiger partial charge in [0.25, 0.3) is 0 Å². The van der Waals surface area contributed by atoms with Crippen LogP contribution < -0.4 is 15.4 Å². The average Bonchev–Trinajstić information content (AvgIpc) is 2.99. The fourth-order valence-corrected chi connectivity index (χ4v) is 2.23. The van der Waals surface area contributed by atoms with Crippen LogP contribution in [0.4, 0.5) is 4.39 Å². The van der Waals surface area contributed by atoms with Crippen molar-refractivity contribution in [3.63, 3.8) is 0 Å². The van der Waals surface area contributed by atoms with Gasteiger partial charge in [0.15, 0.2) is 11.6 Å². The first kappa shape index (κ1) is 14.8. The number of ether oxygens (including phenoxy) is 1. The van der Waals surface area contributed by atoms with Gasteiger partial charge in [0.2, 0.25) is 5.91 Å². The van der Waals surface area contributed by atoms with Crippen molar-refractivity contribution in [3.8, 4) is 5.75 Å². The van der Waals surface area contributed by atoms with Gasteiger partial charge in [-0.2, -0.15) is 0 Å². The molecular formula is C15H21FN2O2. The summed E-state index contributed by atoms with van der Waals surface area (Å²) in [6.07, 6.45) is 1.36. The van der Waals surface area contributed by atoms with Crippen LogP contribution in [-0.4, -0.2) is 31.6 Å². The third kappa shape index (κ3) is 3.93. The van der Waals surface area contributed by atoms with E-state index in [9.17, 15) is 9.18 Å². The van der Waals surface area contributed by atoms with Gasteiger partial charge < -0.3 is 15.4 Å². The number of hydrogen-bond acceptors (Lipinski definition) is 3. The Bertz CT molecular complexity index is 447. The van der Waals surface area contributed by atoms with Crippen LogP contribution in [0.1, 0.15) is 19.8 Å². The maximum absolute atomic E-state index is 13.5. The van der Waals surface area contributed by atoms with Gasteiger partial charge in [-0.15, -0.1) is 0 Å². The molecule has 1 amide bonds. The predicted molar refractivity (Wildman–Crippen MR) is 75.1 cm³/mol. The first-order chi connectivity index (χ1) is 9.70. The van der Waals surface area contributed by atoms with Crippen LogP contribution in [0.3, 0.4) is 0 Å². The zero-order chi connectivity index (χ0) is 14.4. The maximum Gasteiger partial charge on any atom is 0.224 e. The van der Waals surface area contributed by atoms with Gasteiger partial charge in [0.1, 0.15) is 6.10 Å². The normalized spacial score (nSPS) is 19.6. The molecule has 5 heteroatoms. The number of amides is 1. The van der Waals surface area contributed by atoms with Crippen molar-refractivity contribution in [2.75, 3.05) is 19.6 Å². The standard InChI is InChI=1S/C15H21FN2O2/c1-2-12(20-14-6-4-3-5-13(14)16)10-18-15(19)11-7-8-17-9-11/h3-6,11-12,17H,2,7-10H2,1H3,(H,18,19). The first-order valence-corrected chi connectivity index (χ1v) is 7.10. The Morgan fingerprint density at radius 3 is 3.00 bits per heavy atom. The molecule has 1 heterocycles. The molecule has 1 aliphatic heterocycles. The lowest BCUT2D eigenvalue weighted by Gasteiger charge is -2.19. The van der Waals surface area contributed by atoms with E-state index >= 15 is 0 Å². The summed E-state index contributed by atoms with van der Waals surface area (Å²) in [7, 11) is 0. The van der Waals surface area contributed by atoms with Crippen molar-refractivity contribution in [2.24, 2.45) is 5.92 Å². The van der Waals surface area contributed by atoms with E-state index in [4.69, 9.17) is 4.74 Å². The third-order valence-electron chi connectivity index (χ3n) is 3.52. The van der Waals surface area contributed by atoms with E-state index in [2.05, 4.69) is 10.6 Å². The molecule has 0 spiro atoms. The van der Waals surface area contributed by atoms with Crippen LogP contribution in [0, 0.1) is 11.7 Å². The van der Waals surface area contributed by atoms with Gasteiger partial charge in [-0.25, -0.2) is 4.39 Å². The molecule has 0 aliphatic carbocycles. The molecule has 20 heavy (non-hydrogen) atoms. The number of nitrogens with one attached hydrogen (secondary N) is 2. The van der Waals surface area contributed by atoms with E-state index in [1.807, 2.05) is 6.92 Å². The highest BCUT2D eigenvalue weighted by atomic mass is 19.1. The highest BCUT2D eigenvalue weighted by Gasteiger charge is 2.23. The molecule has 1 fully saturated rings. The Morgan fingerprint density at radius 1 is 1.55 bits per heavy atom. The molecule has 2 unspecified atom stereocenters. The third-order valence-corrected chi connectivity index (χ3v) is 3.52. The molecule has 0 saturated carbocycles. The number of benzene rings is 1. The molecule has 110 valence electrons. The van der Waals surface area contributed by atoms with E-state index in [-0.39, 0.29) is 29.5 Å². The Morgan fingerprint density at radius 2 is 2.35 bits per heavy atom. The SMILES string of the molecule is CCC(CNC(=O)C1CCNC1)Oc1ccccc1F. The average molecular weight is 280 g/mol. The largest absolute Gasteiger partial charge is 0.486 e. The smallest absolute Gasteiger partial charge is 0.224 e. The second kappa shape index (κ2) is 7.24. The summed E-state index contributed by atoms with van der Waals surface area (Å²) in [5.41, 5.74) is 0. The maximum atomic E-state index is 13.5. The molecule has 2 rings (SSSR count). The number of halogens is 1. The van der Waals surface area contributed by atoms with E-state index in [0.29, 0.717) is 13.0 Å². The number of hydrogen-bond donors (Lipinski definition) is 2. The lowest BCUT2D eigenvalue weighted by atomic mass is 10.1. The Hall–Kier alpha value is -1.62. The second-order valence-electron chi connectivity index (χ2n) is 5.01. The number of carbonyl (C=O) groups is 1. The minimum Gasteiger partial charge on any atom is -0.486 e. The number of rotatable bonds is 6. The monoisotopic (exact) mass is 280 g/mol. The Kier molecular flexibility index (Phi) is 5.35. The first-order valence-electron chi connectivity index (χ1n) is 7.10. The van der Waals surface area contributed by atoms with E-state index in [1.165, 1.54) is 6.07 Å². The van der Waals surface area contributed by atoms with Crippen LogP contribution in [0.25, 0.3) is 0 Å². The highest BCUT2D eigenvalue weighted by Crippen LogP contribution is 2.18. The lowest BCUT2D eigenvalue weighted by molar-refractivity contribution is -0.124. The Labute approximate surface area is 118 Å². The van der Waals surface area contributed by atoms with Crippen molar-refractivity contribution in [2.45, 2.75) is 25.9 Å². The van der Waals surface area contributed by atoms with Crippen molar-refractivity contribution in [1.82, 2.24) is 10.6 Å². The van der Waals surface area contributed by atoms with Gasteiger partial charge in [-0.1, -0.05) is 19.1 Å². The highest BCUT2D eigenvalue weighted by molar-refractivity contribution is 5.79. The van der Waals surface area contributed by atoms with Crippen LogP contribution in [0.5, 0.6) is 5.75 Å². The zero-order valence-corrected chi connectivity index (χ0v) is 11.7.